The maximum atomic E-state index is 5.49. The Morgan fingerprint density at radius 2 is 0.763 bits per heavy atom. The Kier molecular flexibility index (Phi) is 8.45. The molecule has 9 aromatic carbocycles. The first kappa shape index (κ1) is 34.6. The lowest BCUT2D eigenvalue weighted by atomic mass is 9.66. The Morgan fingerprint density at radius 1 is 0.305 bits per heavy atom. The van der Waals surface area contributed by atoms with Gasteiger partial charge in [-0.25, -0.2) is 4.98 Å². The topological polar surface area (TPSA) is 12.9 Å². The van der Waals surface area contributed by atoms with E-state index >= 15 is 0 Å². The van der Waals surface area contributed by atoms with E-state index in [4.69, 9.17) is 4.98 Å². The number of aromatic nitrogens is 1. The first-order valence-electron chi connectivity index (χ1n) is 20.4. The second kappa shape index (κ2) is 14.4. The Hall–Kier alpha value is -7.61. The summed E-state index contributed by atoms with van der Waals surface area (Å²) >= 11 is 0. The van der Waals surface area contributed by atoms with Crippen LogP contribution in [-0.4, -0.2) is 4.98 Å². The molecule has 1 heterocycles. The van der Waals surface area contributed by atoms with Gasteiger partial charge in [-0.3, -0.25) is 0 Å². The Labute approximate surface area is 345 Å². The number of fused-ring (bicyclic) bond motifs is 5. The molecule has 0 fully saturated rings. The van der Waals surface area contributed by atoms with E-state index in [0.29, 0.717) is 0 Å². The fraction of sp³-hybridized carbons (Fsp3) is 0.0172. The molecule has 1 aromatic heterocycles. The quantitative estimate of drug-likeness (QED) is 0.158. The van der Waals surface area contributed by atoms with Crippen molar-refractivity contribution in [3.05, 3.63) is 259 Å². The van der Waals surface area contributed by atoms with Crippen molar-refractivity contribution >= 4 is 10.8 Å². The van der Waals surface area contributed by atoms with Crippen LogP contribution in [0.15, 0.2) is 237 Å². The van der Waals surface area contributed by atoms with Crippen LogP contribution in [0.4, 0.5) is 0 Å². The number of rotatable bonds is 7. The van der Waals surface area contributed by atoms with Crippen LogP contribution in [0, 0.1) is 0 Å². The molecule has 0 atom stereocenters. The zero-order valence-corrected chi connectivity index (χ0v) is 32.5. The van der Waals surface area contributed by atoms with Gasteiger partial charge in [0.1, 0.15) is 0 Å². The summed E-state index contributed by atoms with van der Waals surface area (Å²) in [6.07, 6.45) is 0. The number of hydrogen-bond donors (Lipinski definition) is 0. The first-order valence-corrected chi connectivity index (χ1v) is 20.4. The third kappa shape index (κ3) is 5.82. The summed E-state index contributed by atoms with van der Waals surface area (Å²) in [6.45, 7) is 0. The molecule has 10 aromatic rings. The highest BCUT2D eigenvalue weighted by Crippen LogP contribution is 2.60. The molecule has 0 bridgehead atoms. The van der Waals surface area contributed by atoms with E-state index < -0.39 is 5.41 Å². The molecular formula is C58H39N. The molecule has 1 heteroatoms. The van der Waals surface area contributed by atoms with E-state index in [2.05, 4.69) is 237 Å². The van der Waals surface area contributed by atoms with Gasteiger partial charge < -0.3 is 0 Å². The van der Waals surface area contributed by atoms with Crippen molar-refractivity contribution in [2.24, 2.45) is 0 Å². The summed E-state index contributed by atoms with van der Waals surface area (Å²) in [6, 6.07) is 86.2. The molecule has 1 nitrogen and oxygen atoms in total. The molecule has 0 radical (unpaired) electrons. The van der Waals surface area contributed by atoms with Crippen LogP contribution < -0.4 is 0 Å². The van der Waals surface area contributed by atoms with Crippen LogP contribution in [0.1, 0.15) is 22.3 Å². The summed E-state index contributed by atoms with van der Waals surface area (Å²) in [5, 5.41) is 2.47. The van der Waals surface area contributed by atoms with Crippen molar-refractivity contribution < 1.29 is 0 Å². The van der Waals surface area contributed by atoms with E-state index in [0.717, 1.165) is 39.2 Å². The Balaban J connectivity index is 1.24. The van der Waals surface area contributed by atoms with Gasteiger partial charge in [0.05, 0.1) is 16.8 Å². The highest BCUT2D eigenvalue weighted by atomic mass is 14.7. The summed E-state index contributed by atoms with van der Waals surface area (Å²) in [4.78, 5) is 5.49. The van der Waals surface area contributed by atoms with Gasteiger partial charge in [-0.15, -0.1) is 0 Å². The number of benzene rings is 9. The second-order valence-electron chi connectivity index (χ2n) is 15.4. The standard InChI is InChI=1S/C58H39N/c1-6-20-40(21-7-1)44-34-45(41-22-8-2-9-23-41)36-47(35-44)55-39-46(38-54(59-55)42-24-10-3-11-25-42)52-37-43-26-16-17-31-50(43)57-56(52)51-32-18-19-33-53(51)58(57,48-27-12-4-13-28-48)49-29-14-5-15-30-49/h1-39H. The molecule has 59 heavy (non-hydrogen) atoms. The predicted octanol–water partition coefficient (Wildman–Crippen LogP) is 14.9. The van der Waals surface area contributed by atoms with Crippen molar-refractivity contribution in [2.75, 3.05) is 0 Å². The SMILES string of the molecule is c1ccc(-c2cc(-c3ccccc3)cc(-c3cc(-c4cc5ccccc5c5c4-c4ccccc4C5(c4ccccc4)c4ccccc4)cc(-c4ccccc4)n3)c2)cc1. The fourth-order valence-corrected chi connectivity index (χ4v) is 9.51. The summed E-state index contributed by atoms with van der Waals surface area (Å²) in [5.41, 5.74) is 18.1. The summed E-state index contributed by atoms with van der Waals surface area (Å²) < 4.78 is 0. The van der Waals surface area contributed by atoms with Crippen molar-refractivity contribution in [1.29, 1.82) is 0 Å². The van der Waals surface area contributed by atoms with E-state index in [9.17, 15) is 0 Å². The summed E-state index contributed by atoms with van der Waals surface area (Å²) in [5.74, 6) is 0. The Bertz CT molecular complexity index is 3020. The third-order valence-electron chi connectivity index (χ3n) is 12.1. The van der Waals surface area contributed by atoms with Crippen LogP contribution in [0.3, 0.4) is 0 Å². The average molecular weight is 750 g/mol. The Morgan fingerprint density at radius 3 is 1.36 bits per heavy atom. The van der Waals surface area contributed by atoms with Crippen molar-refractivity contribution in [2.45, 2.75) is 5.41 Å². The van der Waals surface area contributed by atoms with Crippen molar-refractivity contribution in [1.82, 2.24) is 4.98 Å². The van der Waals surface area contributed by atoms with Crippen LogP contribution in [-0.2, 0) is 5.41 Å². The number of nitrogens with zero attached hydrogens (tertiary/aromatic N) is 1. The molecule has 0 unspecified atom stereocenters. The highest BCUT2D eigenvalue weighted by molar-refractivity contribution is 6.07. The minimum Gasteiger partial charge on any atom is -0.248 e. The molecule has 0 amide bonds. The molecule has 0 N–H and O–H groups in total. The molecular weight excluding hydrogens is 711 g/mol. The zero-order valence-electron chi connectivity index (χ0n) is 32.5. The third-order valence-corrected chi connectivity index (χ3v) is 12.1. The molecule has 0 saturated heterocycles. The molecule has 11 rings (SSSR count). The van der Waals surface area contributed by atoms with Gasteiger partial charge in [-0.1, -0.05) is 200 Å². The minimum atomic E-state index is -0.545. The lowest BCUT2D eigenvalue weighted by Crippen LogP contribution is -2.28. The summed E-state index contributed by atoms with van der Waals surface area (Å²) in [7, 11) is 0. The maximum absolute atomic E-state index is 5.49. The van der Waals surface area contributed by atoms with Crippen LogP contribution in [0.2, 0.25) is 0 Å². The van der Waals surface area contributed by atoms with Crippen LogP contribution in [0.5, 0.6) is 0 Å². The lowest BCUT2D eigenvalue weighted by molar-refractivity contribution is 0.775. The minimum absolute atomic E-state index is 0.545. The van der Waals surface area contributed by atoms with Crippen LogP contribution >= 0.6 is 0 Å². The first-order chi connectivity index (χ1) is 29.3. The molecule has 0 spiro atoms. The largest absolute Gasteiger partial charge is 0.248 e. The normalized spacial score (nSPS) is 12.5. The van der Waals surface area contributed by atoms with Gasteiger partial charge >= 0.3 is 0 Å². The number of pyridine rings is 1. The molecule has 276 valence electrons. The number of hydrogen-bond acceptors (Lipinski definition) is 1. The maximum Gasteiger partial charge on any atom is 0.0719 e. The van der Waals surface area contributed by atoms with Gasteiger partial charge in [0.25, 0.3) is 0 Å². The van der Waals surface area contributed by atoms with E-state index in [1.54, 1.807) is 0 Å². The zero-order chi connectivity index (χ0) is 39.2. The lowest BCUT2D eigenvalue weighted by Gasteiger charge is -2.35. The monoisotopic (exact) mass is 749 g/mol. The van der Waals surface area contributed by atoms with E-state index in [1.165, 1.54) is 60.8 Å². The van der Waals surface area contributed by atoms with Crippen LogP contribution in [0.25, 0.3) is 77.8 Å². The highest BCUT2D eigenvalue weighted by Gasteiger charge is 2.48. The van der Waals surface area contributed by atoms with Crippen molar-refractivity contribution in [3.8, 4) is 67.0 Å². The average Bonchev–Trinajstić information content (AvgIpc) is 3.65. The fourth-order valence-electron chi connectivity index (χ4n) is 9.51. The molecule has 0 aliphatic heterocycles. The predicted molar refractivity (Wildman–Crippen MR) is 246 cm³/mol. The molecule has 0 saturated carbocycles. The smallest absolute Gasteiger partial charge is 0.0719 e. The second-order valence-corrected chi connectivity index (χ2v) is 15.4. The molecule has 1 aliphatic rings. The molecule has 1 aliphatic carbocycles. The van der Waals surface area contributed by atoms with Gasteiger partial charge in [-0.2, -0.15) is 0 Å². The van der Waals surface area contributed by atoms with Gasteiger partial charge in [0.15, 0.2) is 0 Å². The van der Waals surface area contributed by atoms with Gasteiger partial charge in [0, 0.05) is 11.1 Å². The van der Waals surface area contributed by atoms with Gasteiger partial charge in [-0.05, 0) is 114 Å². The van der Waals surface area contributed by atoms with Crippen molar-refractivity contribution in [3.63, 3.8) is 0 Å². The van der Waals surface area contributed by atoms with Gasteiger partial charge in [0.2, 0.25) is 0 Å². The van der Waals surface area contributed by atoms with E-state index in [1.807, 2.05) is 0 Å². The van der Waals surface area contributed by atoms with E-state index in [-0.39, 0.29) is 0 Å².